The Kier molecular flexibility index (Phi) is 4.26. The lowest BCUT2D eigenvalue weighted by Crippen LogP contribution is -2.15. The minimum absolute atomic E-state index is 0.255. The molecule has 1 aromatic rings. The van der Waals surface area contributed by atoms with Crippen LogP contribution in [-0.4, -0.2) is 12.6 Å². The van der Waals surface area contributed by atoms with Gasteiger partial charge in [0.1, 0.15) is 5.75 Å². The fraction of sp³-hybridized carbons (Fsp3) is 0.455. The molecule has 3 nitrogen and oxygen atoms in total. The molecule has 1 rings (SSSR count). The molecule has 1 unspecified atom stereocenters. The largest absolute Gasteiger partial charge is 0.494 e. The summed E-state index contributed by atoms with van der Waals surface area (Å²) in [5.74, 6) is 0.865. The zero-order valence-electron chi connectivity index (χ0n) is 8.57. The maximum Gasteiger partial charge on any atom is 0.119 e. The van der Waals surface area contributed by atoms with Gasteiger partial charge in [-0.3, -0.25) is 0 Å². The van der Waals surface area contributed by atoms with Gasteiger partial charge < -0.3 is 16.2 Å². The first-order valence-corrected chi connectivity index (χ1v) is 4.92. The average Bonchev–Trinajstić information content (AvgIpc) is 2.15. The van der Waals surface area contributed by atoms with Gasteiger partial charge in [0.2, 0.25) is 0 Å². The van der Waals surface area contributed by atoms with Crippen LogP contribution in [0.15, 0.2) is 24.3 Å². The maximum absolute atomic E-state index is 5.62. The standard InChI is InChI=1S/C11H18N2O/c1-9(12)3-2-8-14-11-6-4-10(13)5-7-11/h4-7,9H,2-3,8,12-13H2,1H3. The van der Waals surface area contributed by atoms with E-state index in [9.17, 15) is 0 Å². The summed E-state index contributed by atoms with van der Waals surface area (Å²) < 4.78 is 5.50. The molecule has 0 saturated carbocycles. The molecule has 1 atom stereocenters. The Morgan fingerprint density at radius 2 is 1.93 bits per heavy atom. The van der Waals surface area contributed by atoms with Crippen molar-refractivity contribution >= 4 is 5.69 Å². The average molecular weight is 194 g/mol. The Morgan fingerprint density at radius 1 is 1.29 bits per heavy atom. The normalized spacial score (nSPS) is 12.4. The summed E-state index contributed by atoms with van der Waals surface area (Å²) >= 11 is 0. The molecule has 78 valence electrons. The SMILES string of the molecule is CC(N)CCCOc1ccc(N)cc1. The van der Waals surface area contributed by atoms with E-state index in [4.69, 9.17) is 16.2 Å². The van der Waals surface area contributed by atoms with Crippen molar-refractivity contribution in [3.05, 3.63) is 24.3 Å². The summed E-state index contributed by atoms with van der Waals surface area (Å²) in [5, 5.41) is 0. The zero-order valence-corrected chi connectivity index (χ0v) is 8.57. The molecule has 0 heterocycles. The number of nitrogen functional groups attached to an aromatic ring is 1. The second-order valence-electron chi connectivity index (χ2n) is 3.54. The van der Waals surface area contributed by atoms with Gasteiger partial charge in [0, 0.05) is 11.7 Å². The molecule has 0 amide bonds. The van der Waals surface area contributed by atoms with Gasteiger partial charge in [0.15, 0.2) is 0 Å². The zero-order chi connectivity index (χ0) is 10.4. The minimum atomic E-state index is 0.255. The van der Waals surface area contributed by atoms with Crippen LogP contribution in [0.3, 0.4) is 0 Å². The predicted octanol–water partition coefficient (Wildman–Crippen LogP) is 1.78. The summed E-state index contributed by atoms with van der Waals surface area (Å²) in [7, 11) is 0. The van der Waals surface area contributed by atoms with E-state index >= 15 is 0 Å². The van der Waals surface area contributed by atoms with E-state index in [2.05, 4.69) is 0 Å². The molecule has 3 heteroatoms. The molecule has 0 radical (unpaired) electrons. The molecule has 0 aliphatic carbocycles. The number of nitrogens with two attached hydrogens (primary N) is 2. The number of benzene rings is 1. The number of hydrogen-bond donors (Lipinski definition) is 2. The van der Waals surface area contributed by atoms with E-state index < -0.39 is 0 Å². The van der Waals surface area contributed by atoms with Crippen LogP contribution in [0.1, 0.15) is 19.8 Å². The molecular formula is C11H18N2O. The van der Waals surface area contributed by atoms with Crippen molar-refractivity contribution in [3.8, 4) is 5.75 Å². The van der Waals surface area contributed by atoms with Crippen LogP contribution in [0.2, 0.25) is 0 Å². The summed E-state index contributed by atoms with van der Waals surface area (Å²) in [6.07, 6.45) is 1.98. The summed E-state index contributed by atoms with van der Waals surface area (Å²) in [6, 6.07) is 7.68. The lowest BCUT2D eigenvalue weighted by molar-refractivity contribution is 0.303. The van der Waals surface area contributed by atoms with E-state index in [1.54, 1.807) is 0 Å². The molecule has 0 fully saturated rings. The van der Waals surface area contributed by atoms with Crippen molar-refractivity contribution in [2.45, 2.75) is 25.8 Å². The molecule has 1 aromatic carbocycles. The molecular weight excluding hydrogens is 176 g/mol. The van der Waals surface area contributed by atoms with Crippen LogP contribution >= 0.6 is 0 Å². The van der Waals surface area contributed by atoms with Crippen molar-refractivity contribution in [1.82, 2.24) is 0 Å². The Hall–Kier alpha value is -1.22. The Bertz CT molecular complexity index is 256. The third-order valence-corrected chi connectivity index (χ3v) is 1.95. The number of ether oxygens (including phenoxy) is 1. The summed E-state index contributed by atoms with van der Waals surface area (Å²) in [4.78, 5) is 0. The van der Waals surface area contributed by atoms with E-state index in [0.717, 1.165) is 24.3 Å². The van der Waals surface area contributed by atoms with E-state index in [0.29, 0.717) is 6.61 Å². The van der Waals surface area contributed by atoms with Crippen molar-refractivity contribution < 1.29 is 4.74 Å². The Labute approximate surface area is 85.0 Å². The third-order valence-electron chi connectivity index (χ3n) is 1.95. The van der Waals surface area contributed by atoms with Crippen LogP contribution in [0, 0.1) is 0 Å². The second-order valence-corrected chi connectivity index (χ2v) is 3.54. The highest BCUT2D eigenvalue weighted by Gasteiger charge is 1.95. The molecule has 0 aliphatic rings. The van der Waals surface area contributed by atoms with Crippen molar-refractivity contribution in [2.24, 2.45) is 5.73 Å². The van der Waals surface area contributed by atoms with Crippen LogP contribution in [-0.2, 0) is 0 Å². The van der Waals surface area contributed by atoms with E-state index in [1.807, 2.05) is 31.2 Å². The second kappa shape index (κ2) is 5.50. The Morgan fingerprint density at radius 3 is 2.50 bits per heavy atom. The fourth-order valence-electron chi connectivity index (χ4n) is 1.16. The molecule has 0 spiro atoms. The molecule has 4 N–H and O–H groups in total. The first kappa shape index (κ1) is 10.9. The van der Waals surface area contributed by atoms with Crippen molar-refractivity contribution in [2.75, 3.05) is 12.3 Å². The molecule has 0 bridgehead atoms. The molecule has 0 aromatic heterocycles. The van der Waals surface area contributed by atoms with Gasteiger partial charge in [-0.05, 0) is 44.0 Å². The minimum Gasteiger partial charge on any atom is -0.494 e. The van der Waals surface area contributed by atoms with Gasteiger partial charge in [-0.1, -0.05) is 0 Å². The lowest BCUT2D eigenvalue weighted by Gasteiger charge is -2.07. The van der Waals surface area contributed by atoms with E-state index in [-0.39, 0.29) is 6.04 Å². The summed E-state index contributed by atoms with van der Waals surface area (Å²) in [5.41, 5.74) is 11.9. The maximum atomic E-state index is 5.62. The van der Waals surface area contributed by atoms with Crippen LogP contribution < -0.4 is 16.2 Å². The summed E-state index contributed by atoms with van der Waals surface area (Å²) in [6.45, 7) is 2.72. The topological polar surface area (TPSA) is 61.3 Å². The van der Waals surface area contributed by atoms with Crippen LogP contribution in [0.25, 0.3) is 0 Å². The predicted molar refractivity (Wildman–Crippen MR) is 59.2 cm³/mol. The molecule has 14 heavy (non-hydrogen) atoms. The van der Waals surface area contributed by atoms with Crippen LogP contribution in [0.5, 0.6) is 5.75 Å². The number of rotatable bonds is 5. The quantitative estimate of drug-likeness (QED) is 0.554. The Balaban J connectivity index is 2.21. The van der Waals surface area contributed by atoms with Crippen LogP contribution in [0.4, 0.5) is 5.69 Å². The first-order chi connectivity index (χ1) is 6.68. The highest BCUT2D eigenvalue weighted by molar-refractivity contribution is 5.41. The highest BCUT2D eigenvalue weighted by atomic mass is 16.5. The van der Waals surface area contributed by atoms with Crippen molar-refractivity contribution in [1.29, 1.82) is 0 Å². The fourth-order valence-corrected chi connectivity index (χ4v) is 1.16. The molecule has 0 saturated heterocycles. The van der Waals surface area contributed by atoms with Gasteiger partial charge in [-0.15, -0.1) is 0 Å². The third kappa shape index (κ3) is 4.14. The monoisotopic (exact) mass is 194 g/mol. The number of anilines is 1. The smallest absolute Gasteiger partial charge is 0.119 e. The van der Waals surface area contributed by atoms with Crippen molar-refractivity contribution in [3.63, 3.8) is 0 Å². The van der Waals surface area contributed by atoms with Gasteiger partial charge in [0.25, 0.3) is 0 Å². The number of hydrogen-bond acceptors (Lipinski definition) is 3. The van der Waals surface area contributed by atoms with E-state index in [1.165, 1.54) is 0 Å². The van der Waals surface area contributed by atoms with Gasteiger partial charge in [-0.25, -0.2) is 0 Å². The lowest BCUT2D eigenvalue weighted by atomic mass is 10.2. The van der Waals surface area contributed by atoms with Gasteiger partial charge in [-0.2, -0.15) is 0 Å². The van der Waals surface area contributed by atoms with Gasteiger partial charge >= 0.3 is 0 Å². The molecule has 0 aliphatic heterocycles. The first-order valence-electron chi connectivity index (χ1n) is 4.92. The van der Waals surface area contributed by atoms with Gasteiger partial charge in [0.05, 0.1) is 6.61 Å². The highest BCUT2D eigenvalue weighted by Crippen LogP contribution is 2.13.